The summed E-state index contributed by atoms with van der Waals surface area (Å²) in [5, 5.41) is 7.37. The van der Waals surface area contributed by atoms with Gasteiger partial charge in [-0.2, -0.15) is 0 Å². The Balaban J connectivity index is 1.45. The molecule has 2 N–H and O–H groups in total. The van der Waals surface area contributed by atoms with E-state index >= 15 is 0 Å². The minimum Gasteiger partial charge on any atom is -0.370 e. The number of nitrogens with one attached hydrogen (secondary N) is 2. The summed E-state index contributed by atoms with van der Waals surface area (Å²) in [5.74, 6) is 1.95. The highest BCUT2D eigenvalue weighted by atomic mass is 35.5. The molecule has 160 valence electrons. The highest BCUT2D eigenvalue weighted by Gasteiger charge is 2.22. The molecule has 2 aromatic rings. The highest BCUT2D eigenvalue weighted by Crippen LogP contribution is 2.29. The van der Waals surface area contributed by atoms with Crippen LogP contribution in [0.4, 0.5) is 5.82 Å². The van der Waals surface area contributed by atoms with Crippen LogP contribution < -0.4 is 10.6 Å². The van der Waals surface area contributed by atoms with Crippen LogP contribution >= 0.6 is 11.6 Å². The molecule has 0 amide bonds. The third-order valence-electron chi connectivity index (χ3n) is 6.34. The molecule has 1 aliphatic carbocycles. The van der Waals surface area contributed by atoms with Crippen LogP contribution in [0, 0.1) is 11.8 Å². The van der Waals surface area contributed by atoms with Gasteiger partial charge in [0.2, 0.25) is 0 Å². The second-order valence-corrected chi connectivity index (χ2v) is 9.04. The number of carbonyl (C=O) groups excluding carboxylic acids is 1. The molecular formula is C24H31ClN4O. The summed E-state index contributed by atoms with van der Waals surface area (Å²) in [6.45, 7) is 2.75. The van der Waals surface area contributed by atoms with Crippen LogP contribution in [0.2, 0.25) is 5.02 Å². The van der Waals surface area contributed by atoms with Gasteiger partial charge < -0.3 is 10.6 Å². The Kier molecular flexibility index (Phi) is 7.34. The molecule has 1 atom stereocenters. The van der Waals surface area contributed by atoms with Gasteiger partial charge in [-0.25, -0.2) is 4.98 Å². The molecule has 2 aliphatic rings. The number of anilines is 1. The molecule has 2 fully saturated rings. The van der Waals surface area contributed by atoms with Crippen molar-refractivity contribution in [2.24, 2.45) is 11.8 Å². The smallest absolute Gasteiger partial charge is 0.143 e. The zero-order chi connectivity index (χ0) is 20.8. The molecule has 1 aliphatic heterocycles. The fourth-order valence-electron chi connectivity index (χ4n) is 4.55. The van der Waals surface area contributed by atoms with Gasteiger partial charge in [0.1, 0.15) is 11.6 Å². The fourth-order valence-corrected chi connectivity index (χ4v) is 4.75. The second kappa shape index (κ2) is 10.4. The second-order valence-electron chi connectivity index (χ2n) is 8.63. The summed E-state index contributed by atoms with van der Waals surface area (Å²) in [6, 6.07) is 7.89. The Labute approximate surface area is 184 Å². The van der Waals surface area contributed by atoms with Crippen molar-refractivity contribution < 1.29 is 4.79 Å². The standard InChI is InChI=1S/C24H31ClN4O/c25-21-16-27-19(13-23(30)18-8-5-11-26-15-18)12-20(21)22-9-4-10-24(29-22)28-14-17-6-2-1-3-7-17/h4,9-10,12,16-18,26H,1-3,5-8,11,13-15H2,(H,28,29)/t18-/m0/s1. The molecule has 0 aromatic carbocycles. The number of hydrogen-bond donors (Lipinski definition) is 2. The van der Waals surface area contributed by atoms with Crippen molar-refractivity contribution in [3.63, 3.8) is 0 Å². The number of hydrogen-bond acceptors (Lipinski definition) is 5. The molecular weight excluding hydrogens is 396 g/mol. The van der Waals surface area contributed by atoms with Crippen LogP contribution in [0.5, 0.6) is 0 Å². The van der Waals surface area contributed by atoms with Gasteiger partial charge >= 0.3 is 0 Å². The normalized spacial score (nSPS) is 20.1. The van der Waals surface area contributed by atoms with Crippen LogP contribution in [0.3, 0.4) is 0 Å². The maximum Gasteiger partial charge on any atom is 0.143 e. The van der Waals surface area contributed by atoms with E-state index in [2.05, 4.69) is 15.6 Å². The van der Waals surface area contributed by atoms with Crippen LogP contribution in [0.15, 0.2) is 30.5 Å². The third-order valence-corrected chi connectivity index (χ3v) is 6.64. The van der Waals surface area contributed by atoms with Crippen molar-refractivity contribution in [2.75, 3.05) is 25.0 Å². The first-order valence-electron chi connectivity index (χ1n) is 11.3. The monoisotopic (exact) mass is 426 g/mol. The maximum absolute atomic E-state index is 12.7. The average molecular weight is 427 g/mol. The Morgan fingerprint density at radius 2 is 2.03 bits per heavy atom. The quantitative estimate of drug-likeness (QED) is 0.659. The summed E-state index contributed by atoms with van der Waals surface area (Å²) in [4.78, 5) is 21.8. The number of aromatic nitrogens is 2. The summed E-state index contributed by atoms with van der Waals surface area (Å²) in [5.41, 5.74) is 2.40. The SMILES string of the molecule is O=C(Cc1cc(-c2cccc(NCC3CCCCC3)n2)c(Cl)cn1)[C@H]1CCCNC1. The molecule has 0 unspecified atom stereocenters. The molecule has 6 heteroatoms. The van der Waals surface area contributed by atoms with Gasteiger partial charge in [-0.15, -0.1) is 0 Å². The lowest BCUT2D eigenvalue weighted by Gasteiger charge is -2.22. The molecule has 1 saturated heterocycles. The Morgan fingerprint density at radius 3 is 2.83 bits per heavy atom. The van der Waals surface area contributed by atoms with Gasteiger partial charge in [0.25, 0.3) is 0 Å². The Morgan fingerprint density at radius 1 is 1.17 bits per heavy atom. The number of halogens is 1. The van der Waals surface area contributed by atoms with Crippen molar-refractivity contribution >= 4 is 23.2 Å². The van der Waals surface area contributed by atoms with E-state index in [1.165, 1.54) is 32.1 Å². The number of nitrogens with zero attached hydrogens (tertiary/aromatic N) is 2. The zero-order valence-electron chi connectivity index (χ0n) is 17.5. The van der Waals surface area contributed by atoms with E-state index in [9.17, 15) is 4.79 Å². The molecule has 0 bridgehead atoms. The minimum absolute atomic E-state index is 0.0881. The van der Waals surface area contributed by atoms with E-state index in [0.29, 0.717) is 11.4 Å². The average Bonchev–Trinajstić information content (AvgIpc) is 2.80. The lowest BCUT2D eigenvalue weighted by Crippen LogP contribution is -2.35. The molecule has 0 radical (unpaired) electrons. The molecule has 1 saturated carbocycles. The van der Waals surface area contributed by atoms with Gasteiger partial charge in [-0.05, 0) is 56.3 Å². The molecule has 0 spiro atoms. The lowest BCUT2D eigenvalue weighted by molar-refractivity contribution is -0.122. The third kappa shape index (κ3) is 5.58. The van der Waals surface area contributed by atoms with Crippen LogP contribution in [0.1, 0.15) is 50.6 Å². The number of piperidine rings is 1. The predicted octanol–water partition coefficient (Wildman–Crippen LogP) is 4.90. The van der Waals surface area contributed by atoms with E-state index in [1.54, 1.807) is 6.20 Å². The van der Waals surface area contributed by atoms with Crippen molar-refractivity contribution in [1.82, 2.24) is 15.3 Å². The van der Waals surface area contributed by atoms with Crippen LogP contribution in [-0.2, 0) is 11.2 Å². The number of Topliss-reactive ketones (excluding diaryl/α,β-unsaturated/α-hetero) is 1. The number of pyridine rings is 2. The van der Waals surface area contributed by atoms with Gasteiger partial charge in [-0.3, -0.25) is 9.78 Å². The van der Waals surface area contributed by atoms with Crippen molar-refractivity contribution in [1.29, 1.82) is 0 Å². The van der Waals surface area contributed by atoms with E-state index < -0.39 is 0 Å². The Bertz CT molecular complexity index is 860. The van der Waals surface area contributed by atoms with Gasteiger partial charge in [-0.1, -0.05) is 36.9 Å². The van der Waals surface area contributed by atoms with Gasteiger partial charge in [0.05, 0.1) is 10.7 Å². The van der Waals surface area contributed by atoms with Crippen molar-refractivity contribution in [3.8, 4) is 11.3 Å². The van der Waals surface area contributed by atoms with Crippen molar-refractivity contribution in [3.05, 3.63) is 41.2 Å². The summed E-state index contributed by atoms with van der Waals surface area (Å²) >= 11 is 6.45. The van der Waals surface area contributed by atoms with Gasteiger partial charge in [0.15, 0.2) is 0 Å². The van der Waals surface area contributed by atoms with E-state index in [0.717, 1.165) is 61.2 Å². The van der Waals surface area contributed by atoms with E-state index in [-0.39, 0.29) is 11.7 Å². The van der Waals surface area contributed by atoms with E-state index in [1.807, 2.05) is 24.3 Å². The first kappa shape index (κ1) is 21.3. The lowest BCUT2D eigenvalue weighted by atomic mass is 9.89. The first-order chi connectivity index (χ1) is 14.7. The fraction of sp³-hybridized carbons (Fsp3) is 0.542. The largest absolute Gasteiger partial charge is 0.370 e. The topological polar surface area (TPSA) is 66.9 Å². The number of ketones is 1. The molecule has 4 rings (SSSR count). The maximum atomic E-state index is 12.7. The highest BCUT2D eigenvalue weighted by molar-refractivity contribution is 6.33. The van der Waals surface area contributed by atoms with Crippen molar-refractivity contribution in [2.45, 2.75) is 51.4 Å². The molecule has 5 nitrogen and oxygen atoms in total. The molecule has 2 aromatic heterocycles. The van der Waals surface area contributed by atoms with E-state index in [4.69, 9.17) is 16.6 Å². The van der Waals surface area contributed by atoms with Gasteiger partial charge in [0, 0.05) is 42.9 Å². The summed E-state index contributed by atoms with van der Waals surface area (Å²) in [6.07, 6.45) is 10.7. The Hall–Kier alpha value is -1.98. The number of rotatable bonds is 7. The predicted molar refractivity (Wildman–Crippen MR) is 122 cm³/mol. The summed E-state index contributed by atoms with van der Waals surface area (Å²) in [7, 11) is 0. The molecule has 30 heavy (non-hydrogen) atoms. The zero-order valence-corrected chi connectivity index (χ0v) is 18.3. The molecule has 3 heterocycles. The van der Waals surface area contributed by atoms with Crippen LogP contribution in [0.25, 0.3) is 11.3 Å². The minimum atomic E-state index is 0.0881. The van der Waals surface area contributed by atoms with Crippen LogP contribution in [-0.4, -0.2) is 35.4 Å². The number of carbonyl (C=O) groups is 1. The summed E-state index contributed by atoms with van der Waals surface area (Å²) < 4.78 is 0. The first-order valence-corrected chi connectivity index (χ1v) is 11.7.